The Morgan fingerprint density at radius 2 is 2.25 bits per heavy atom. The summed E-state index contributed by atoms with van der Waals surface area (Å²) in [5.41, 5.74) is 0. The highest BCUT2D eigenvalue weighted by molar-refractivity contribution is 5.80. The SMILES string of the molecule is C[C@H]1C[C@H]1c1ccc(CNC(=O)C2CC2)o1. The summed E-state index contributed by atoms with van der Waals surface area (Å²) in [6.45, 7) is 2.78. The first kappa shape index (κ1) is 9.94. The summed E-state index contributed by atoms with van der Waals surface area (Å²) in [5.74, 6) is 3.80. The lowest BCUT2D eigenvalue weighted by atomic mass is 10.3. The number of carbonyl (C=O) groups excluding carboxylic acids is 1. The lowest BCUT2D eigenvalue weighted by Gasteiger charge is -2.00. The van der Waals surface area contributed by atoms with Gasteiger partial charge in [-0.05, 0) is 37.3 Å². The average molecular weight is 219 g/mol. The normalized spacial score (nSPS) is 27.8. The van der Waals surface area contributed by atoms with E-state index in [0.29, 0.717) is 12.5 Å². The molecule has 2 fully saturated rings. The molecule has 0 spiro atoms. The molecule has 0 radical (unpaired) electrons. The summed E-state index contributed by atoms with van der Waals surface area (Å²) < 4.78 is 5.71. The molecule has 2 aliphatic carbocycles. The molecule has 2 atom stereocenters. The molecule has 1 amide bonds. The third-order valence-electron chi connectivity index (χ3n) is 3.54. The fourth-order valence-electron chi connectivity index (χ4n) is 2.07. The molecule has 0 aliphatic heterocycles. The second-order valence-corrected chi connectivity index (χ2v) is 5.12. The van der Waals surface area contributed by atoms with Gasteiger partial charge >= 0.3 is 0 Å². The lowest BCUT2D eigenvalue weighted by Crippen LogP contribution is -2.23. The minimum atomic E-state index is 0.178. The summed E-state index contributed by atoms with van der Waals surface area (Å²) in [5, 5.41) is 2.91. The van der Waals surface area contributed by atoms with E-state index in [2.05, 4.69) is 12.2 Å². The first-order chi connectivity index (χ1) is 7.74. The van der Waals surface area contributed by atoms with Crippen LogP contribution in [0.2, 0.25) is 0 Å². The van der Waals surface area contributed by atoms with Crippen molar-refractivity contribution >= 4 is 5.91 Å². The van der Waals surface area contributed by atoms with Gasteiger partial charge in [-0.1, -0.05) is 6.92 Å². The number of amides is 1. The molecule has 2 aliphatic rings. The number of nitrogens with one attached hydrogen (secondary N) is 1. The second-order valence-electron chi connectivity index (χ2n) is 5.12. The number of hydrogen-bond donors (Lipinski definition) is 1. The van der Waals surface area contributed by atoms with E-state index in [1.54, 1.807) is 0 Å². The van der Waals surface area contributed by atoms with Crippen molar-refractivity contribution in [2.24, 2.45) is 11.8 Å². The Morgan fingerprint density at radius 1 is 1.50 bits per heavy atom. The molecule has 1 aromatic heterocycles. The van der Waals surface area contributed by atoms with Crippen molar-refractivity contribution in [3.05, 3.63) is 23.7 Å². The molecule has 1 N–H and O–H groups in total. The lowest BCUT2D eigenvalue weighted by molar-refractivity contribution is -0.122. The predicted octanol–water partition coefficient (Wildman–Crippen LogP) is 2.43. The van der Waals surface area contributed by atoms with Gasteiger partial charge in [0.25, 0.3) is 0 Å². The molecule has 0 bridgehead atoms. The van der Waals surface area contributed by atoms with Crippen LogP contribution in [0.1, 0.15) is 43.6 Å². The Balaban J connectivity index is 1.54. The van der Waals surface area contributed by atoms with Gasteiger partial charge in [0.2, 0.25) is 5.91 Å². The van der Waals surface area contributed by atoms with E-state index in [-0.39, 0.29) is 11.8 Å². The molecule has 16 heavy (non-hydrogen) atoms. The van der Waals surface area contributed by atoms with Gasteiger partial charge in [0, 0.05) is 11.8 Å². The zero-order valence-corrected chi connectivity index (χ0v) is 9.53. The van der Waals surface area contributed by atoms with Gasteiger partial charge in [0.1, 0.15) is 11.5 Å². The number of furan rings is 1. The van der Waals surface area contributed by atoms with Crippen LogP contribution in [0.4, 0.5) is 0 Å². The highest BCUT2D eigenvalue weighted by Gasteiger charge is 2.36. The van der Waals surface area contributed by atoms with Crippen LogP contribution in [-0.2, 0) is 11.3 Å². The third-order valence-corrected chi connectivity index (χ3v) is 3.54. The third kappa shape index (κ3) is 1.99. The maximum atomic E-state index is 11.4. The Hall–Kier alpha value is -1.25. The van der Waals surface area contributed by atoms with Crippen molar-refractivity contribution in [2.45, 2.75) is 38.6 Å². The summed E-state index contributed by atoms with van der Waals surface area (Å²) in [7, 11) is 0. The maximum Gasteiger partial charge on any atom is 0.223 e. The van der Waals surface area contributed by atoms with Crippen molar-refractivity contribution in [3.63, 3.8) is 0 Å². The zero-order chi connectivity index (χ0) is 11.1. The van der Waals surface area contributed by atoms with E-state index in [9.17, 15) is 4.79 Å². The molecule has 0 aromatic carbocycles. The summed E-state index contributed by atoms with van der Waals surface area (Å²) in [6.07, 6.45) is 3.34. The van der Waals surface area contributed by atoms with Crippen LogP contribution in [-0.4, -0.2) is 5.91 Å². The Morgan fingerprint density at radius 3 is 2.88 bits per heavy atom. The second kappa shape index (κ2) is 3.65. The van der Waals surface area contributed by atoms with Gasteiger partial charge in [-0.2, -0.15) is 0 Å². The highest BCUT2D eigenvalue weighted by atomic mass is 16.3. The molecule has 0 unspecified atom stereocenters. The standard InChI is InChI=1S/C13H17NO2/c1-8-6-11(8)12-5-4-10(16-12)7-14-13(15)9-2-3-9/h4-5,8-9,11H,2-3,6-7H2,1H3,(H,14,15)/t8-,11+/m0/s1. The quantitative estimate of drug-likeness (QED) is 0.845. The summed E-state index contributed by atoms with van der Waals surface area (Å²) in [4.78, 5) is 11.4. The zero-order valence-electron chi connectivity index (χ0n) is 9.53. The first-order valence-corrected chi connectivity index (χ1v) is 6.10. The van der Waals surface area contributed by atoms with E-state index in [0.717, 1.165) is 30.3 Å². The fourth-order valence-corrected chi connectivity index (χ4v) is 2.07. The molecule has 86 valence electrons. The van der Waals surface area contributed by atoms with Crippen LogP contribution in [0.15, 0.2) is 16.5 Å². The molecule has 3 rings (SSSR count). The monoisotopic (exact) mass is 219 g/mol. The summed E-state index contributed by atoms with van der Waals surface area (Å²) in [6, 6.07) is 4.03. The van der Waals surface area contributed by atoms with Gasteiger partial charge < -0.3 is 9.73 Å². The fraction of sp³-hybridized carbons (Fsp3) is 0.615. The molecule has 3 heteroatoms. The smallest absolute Gasteiger partial charge is 0.223 e. The van der Waals surface area contributed by atoms with E-state index >= 15 is 0 Å². The summed E-state index contributed by atoms with van der Waals surface area (Å²) >= 11 is 0. The molecular formula is C13H17NO2. The Kier molecular flexibility index (Phi) is 2.27. The molecule has 2 saturated carbocycles. The van der Waals surface area contributed by atoms with E-state index in [1.807, 2.05) is 12.1 Å². The first-order valence-electron chi connectivity index (χ1n) is 6.10. The maximum absolute atomic E-state index is 11.4. The minimum Gasteiger partial charge on any atom is -0.464 e. The minimum absolute atomic E-state index is 0.178. The molecular weight excluding hydrogens is 202 g/mol. The van der Waals surface area contributed by atoms with Crippen molar-refractivity contribution in [1.82, 2.24) is 5.32 Å². The van der Waals surface area contributed by atoms with E-state index < -0.39 is 0 Å². The van der Waals surface area contributed by atoms with Crippen molar-refractivity contribution in [1.29, 1.82) is 0 Å². The Labute approximate surface area is 95.2 Å². The van der Waals surface area contributed by atoms with Crippen molar-refractivity contribution in [3.8, 4) is 0 Å². The van der Waals surface area contributed by atoms with Gasteiger partial charge in [-0.25, -0.2) is 0 Å². The topological polar surface area (TPSA) is 42.2 Å². The molecule has 0 saturated heterocycles. The molecule has 3 nitrogen and oxygen atoms in total. The molecule has 1 heterocycles. The van der Waals surface area contributed by atoms with Crippen LogP contribution >= 0.6 is 0 Å². The van der Waals surface area contributed by atoms with Gasteiger partial charge in [0.05, 0.1) is 6.54 Å². The number of carbonyl (C=O) groups is 1. The largest absolute Gasteiger partial charge is 0.464 e. The van der Waals surface area contributed by atoms with Gasteiger partial charge in [-0.3, -0.25) is 4.79 Å². The van der Waals surface area contributed by atoms with Crippen LogP contribution in [0.25, 0.3) is 0 Å². The van der Waals surface area contributed by atoms with Crippen molar-refractivity contribution < 1.29 is 9.21 Å². The van der Waals surface area contributed by atoms with E-state index in [4.69, 9.17) is 4.42 Å². The van der Waals surface area contributed by atoms with Crippen LogP contribution in [0, 0.1) is 11.8 Å². The number of hydrogen-bond acceptors (Lipinski definition) is 2. The highest BCUT2D eigenvalue weighted by Crippen LogP contribution is 2.47. The Bertz CT molecular complexity index is 406. The predicted molar refractivity (Wildman–Crippen MR) is 59.8 cm³/mol. The molecule has 1 aromatic rings. The average Bonchev–Trinajstić information content (AvgIpc) is 3.17. The van der Waals surface area contributed by atoms with Crippen LogP contribution in [0.3, 0.4) is 0 Å². The van der Waals surface area contributed by atoms with Gasteiger partial charge in [-0.15, -0.1) is 0 Å². The van der Waals surface area contributed by atoms with E-state index in [1.165, 1.54) is 6.42 Å². The number of rotatable bonds is 4. The van der Waals surface area contributed by atoms with Crippen LogP contribution < -0.4 is 5.32 Å². The van der Waals surface area contributed by atoms with Gasteiger partial charge in [0.15, 0.2) is 0 Å². The van der Waals surface area contributed by atoms with Crippen LogP contribution in [0.5, 0.6) is 0 Å². The van der Waals surface area contributed by atoms with Crippen molar-refractivity contribution in [2.75, 3.05) is 0 Å².